The van der Waals surface area contributed by atoms with Crippen LogP contribution in [0, 0.1) is 0 Å². The van der Waals surface area contributed by atoms with Gasteiger partial charge in [-0.05, 0) is 0 Å². The van der Waals surface area contributed by atoms with Crippen molar-refractivity contribution in [3.05, 3.63) is 0 Å². The van der Waals surface area contributed by atoms with Crippen LogP contribution in [0.15, 0.2) is 0 Å². The van der Waals surface area contributed by atoms with E-state index in [0.29, 0.717) is 0 Å². The Bertz CT molecular complexity index is 20.3. The molecule has 0 heterocycles. The van der Waals surface area contributed by atoms with E-state index in [-0.39, 0.29) is 459 Å². The van der Waals surface area contributed by atoms with E-state index in [1.54, 1.807) is 0 Å². The molecule has 0 aliphatic carbocycles. The van der Waals surface area contributed by atoms with E-state index >= 15 is 0 Å². The molecule has 50 valence electrons. The van der Waals surface area contributed by atoms with Crippen LogP contribution in [0.1, 0.15) is 0 Å². The zero-order chi connectivity index (χ0) is 0. The molecular weight excluding hydrogens is 946 g/mol. The second-order valence-corrected chi connectivity index (χ2v) is 0. The number of hydrogen-bond acceptors (Lipinski definition) is 0. The minimum Gasteiger partial charge on any atom is -1.00 e. The van der Waals surface area contributed by atoms with Crippen molar-refractivity contribution in [1.82, 2.24) is 0 Å². The fraction of sp³-hybridized carbons (Fsp3) is 0. The molecule has 0 aromatic rings. The predicted molar refractivity (Wildman–Crippen MR) is 46.0 cm³/mol. The van der Waals surface area contributed by atoms with Crippen molar-refractivity contribution < 1.29 is 308 Å². The van der Waals surface area contributed by atoms with E-state index in [1.807, 2.05) is 0 Å². The van der Waals surface area contributed by atoms with Gasteiger partial charge in [0.25, 0.3) is 0 Å². The van der Waals surface area contributed by atoms with Crippen LogP contribution in [0.3, 0.4) is 0 Å². The molecule has 0 rings (SSSR count). The summed E-state index contributed by atoms with van der Waals surface area (Å²) in [5.74, 6) is 0. The molecule has 0 fully saturated rings. The second-order valence-electron chi connectivity index (χ2n) is 0. The van der Waals surface area contributed by atoms with E-state index in [2.05, 4.69) is 0 Å². The zero-order valence-electron chi connectivity index (χ0n) is 9.45. The molecule has 0 aliphatic rings. The Hall–Kier alpha value is 14.5. The topological polar surface area (TPSA) is 0 Å². The van der Waals surface area contributed by atoms with Gasteiger partial charge >= 0.3 is 308 Å². The fourth-order valence-corrected chi connectivity index (χ4v) is 0. The van der Waals surface area contributed by atoms with Gasteiger partial charge in [-0.25, -0.2) is 0 Å². The summed E-state index contributed by atoms with van der Waals surface area (Å²) >= 11 is 0. The van der Waals surface area contributed by atoms with Crippen molar-refractivity contribution in [1.29, 1.82) is 0 Å². The largest absolute Gasteiger partial charge is 1.00 e. The molecule has 0 aromatic carbocycles. The summed E-state index contributed by atoms with van der Waals surface area (Å²) in [6, 6.07) is 0. The van der Waals surface area contributed by atoms with E-state index < -0.39 is 0 Å². The molecule has 0 N–H and O–H groups in total. The maximum atomic E-state index is 0. The van der Waals surface area contributed by atoms with Crippen LogP contribution < -0.4 is 308 Å². The smallest absolute Gasteiger partial charge is 1.00 e. The average molecular weight is 946 g/mol. The van der Waals surface area contributed by atoms with Gasteiger partial charge in [-0.3, -0.25) is 0 Å². The maximum absolute atomic E-state index is 0. The van der Waals surface area contributed by atoms with Crippen molar-refractivity contribution in [3.63, 3.8) is 0 Å². The van der Waals surface area contributed by atoms with Crippen LogP contribution in [-0.4, -0.2) is 150 Å². The van der Waals surface area contributed by atoms with Gasteiger partial charge in [0, 0.05) is 47.8 Å². The Morgan fingerprint density at radius 1 is 0.214 bits per heavy atom. The van der Waals surface area contributed by atoms with Crippen molar-refractivity contribution >= 4 is 150 Å². The summed E-state index contributed by atoms with van der Waals surface area (Å²) < 4.78 is 0. The third kappa shape index (κ3) is 81.9. The molecule has 0 amide bonds. The molecule has 14 heavy (non-hydrogen) atoms. The number of hydrogen-bond donors (Lipinski definition) is 0. The van der Waals surface area contributed by atoms with Crippen molar-refractivity contribution in [2.24, 2.45) is 0 Å². The summed E-state index contributed by atoms with van der Waals surface area (Å²) in [4.78, 5) is 0. The van der Waals surface area contributed by atoms with Gasteiger partial charge < -0.3 is 102 Å². The molecule has 0 aromatic heterocycles. The third-order valence-corrected chi connectivity index (χ3v) is 0. The first-order valence-corrected chi connectivity index (χ1v) is 0. The van der Waals surface area contributed by atoms with E-state index in [9.17, 15) is 0 Å². The summed E-state index contributed by atoms with van der Waals surface area (Å²) in [6.07, 6.45) is 0. The molecule has 0 saturated carbocycles. The summed E-state index contributed by atoms with van der Waals surface area (Å²) in [6.45, 7) is 0. The van der Waals surface area contributed by atoms with Gasteiger partial charge in [-0.2, -0.15) is 0 Å². The van der Waals surface area contributed by atoms with Gasteiger partial charge in [0.05, 0.1) is 0 Å². The number of rotatable bonds is 0. The minimum atomic E-state index is 0. The molecular formula is K6Se6Sn2. The van der Waals surface area contributed by atoms with E-state index in [4.69, 9.17) is 0 Å². The first-order chi connectivity index (χ1) is 0. The molecule has 0 spiro atoms. The Labute approximate surface area is 441 Å². The van der Waals surface area contributed by atoms with Crippen LogP contribution in [-0.2, 0) is 0 Å². The van der Waals surface area contributed by atoms with Crippen molar-refractivity contribution in [2.45, 2.75) is 0 Å². The maximum Gasteiger partial charge on any atom is 1.00 e. The molecule has 0 saturated heterocycles. The van der Waals surface area contributed by atoms with Crippen LogP contribution in [0.4, 0.5) is 0 Å². The van der Waals surface area contributed by atoms with Crippen molar-refractivity contribution in [2.75, 3.05) is 0 Å². The Kier molecular flexibility index (Phi) is 671. The summed E-state index contributed by atoms with van der Waals surface area (Å²) in [5, 5.41) is 0. The standard InChI is InChI=1S/6K.6Se.2Sn/q6*+1;6*-1;;. The SMILES string of the molecule is [K+].[K+].[K+].[K+].[K+].[K+].[Se-].[Se-].[Se-].[Se-].[Se-].[Se-].[Sn].[Sn]. The molecule has 0 unspecified atom stereocenters. The van der Waals surface area contributed by atoms with E-state index in [0.717, 1.165) is 0 Å². The van der Waals surface area contributed by atoms with Gasteiger partial charge in [0.1, 0.15) is 0 Å². The monoisotopic (exact) mass is 953 g/mol. The fourth-order valence-electron chi connectivity index (χ4n) is 0. The third-order valence-electron chi connectivity index (χ3n) is 0. The van der Waals surface area contributed by atoms with Crippen LogP contribution in [0.25, 0.3) is 0 Å². The summed E-state index contributed by atoms with van der Waals surface area (Å²) in [7, 11) is 0. The second kappa shape index (κ2) is 91.8. The summed E-state index contributed by atoms with van der Waals surface area (Å²) in [5.41, 5.74) is 0. The van der Waals surface area contributed by atoms with Gasteiger partial charge in [0.15, 0.2) is 0 Å². The normalized spacial score (nSPS) is 0. The molecule has 0 nitrogen and oxygen atoms in total. The van der Waals surface area contributed by atoms with Crippen LogP contribution in [0.2, 0.25) is 0 Å². The predicted octanol–water partition coefficient (Wildman–Crippen LogP) is -21.0. The van der Waals surface area contributed by atoms with E-state index in [1.165, 1.54) is 0 Å². The Morgan fingerprint density at radius 2 is 0.214 bits per heavy atom. The zero-order valence-corrected chi connectivity index (χ0v) is 44.2. The molecule has 0 aliphatic heterocycles. The van der Waals surface area contributed by atoms with Crippen LogP contribution >= 0.6 is 0 Å². The van der Waals surface area contributed by atoms with Gasteiger partial charge in [0.2, 0.25) is 0 Å². The van der Waals surface area contributed by atoms with Crippen LogP contribution in [0.5, 0.6) is 0 Å². The first kappa shape index (κ1) is 102. The quantitative estimate of drug-likeness (QED) is 0.212. The van der Waals surface area contributed by atoms with Gasteiger partial charge in [-0.1, -0.05) is 0 Å². The van der Waals surface area contributed by atoms with Gasteiger partial charge in [-0.15, -0.1) is 0 Å². The molecule has 0 bridgehead atoms. The minimum absolute atomic E-state index is 0. The Balaban J connectivity index is 0. The Morgan fingerprint density at radius 3 is 0.214 bits per heavy atom. The molecule has 0 atom stereocenters. The van der Waals surface area contributed by atoms with Crippen molar-refractivity contribution in [3.8, 4) is 0 Å². The molecule has 14 radical (unpaired) electrons. The average Bonchev–Trinajstić information content (AvgIpc) is 0. The molecule has 14 heteroatoms. The first-order valence-electron chi connectivity index (χ1n) is 0.